The summed E-state index contributed by atoms with van der Waals surface area (Å²) in [6, 6.07) is 15.3. The standard InChI is InChI=1S/C18H18N2O2/c19-10-9-15-12-20(17-4-2-1-3-16(15)17)11-13-5-7-14(8-6-13)18(21)22/h1-8,12H,9-11,19H2,(H,21,22). The van der Waals surface area contributed by atoms with Crippen LogP contribution in [0.1, 0.15) is 21.5 Å². The van der Waals surface area contributed by atoms with Gasteiger partial charge in [-0.1, -0.05) is 30.3 Å². The molecule has 3 rings (SSSR count). The number of hydrogen-bond acceptors (Lipinski definition) is 2. The van der Waals surface area contributed by atoms with E-state index in [4.69, 9.17) is 10.8 Å². The van der Waals surface area contributed by atoms with Gasteiger partial charge in [-0.15, -0.1) is 0 Å². The van der Waals surface area contributed by atoms with Crippen molar-refractivity contribution in [2.75, 3.05) is 6.54 Å². The molecule has 0 radical (unpaired) electrons. The van der Waals surface area contributed by atoms with E-state index in [1.165, 1.54) is 16.5 Å². The molecule has 112 valence electrons. The molecule has 22 heavy (non-hydrogen) atoms. The first-order valence-electron chi connectivity index (χ1n) is 7.28. The maximum absolute atomic E-state index is 10.9. The second-order valence-corrected chi connectivity index (χ2v) is 5.34. The summed E-state index contributed by atoms with van der Waals surface area (Å²) in [5, 5.41) is 10.2. The van der Waals surface area contributed by atoms with Crippen LogP contribution in [0, 0.1) is 0 Å². The molecule has 1 aromatic heterocycles. The minimum atomic E-state index is -0.900. The fourth-order valence-electron chi connectivity index (χ4n) is 2.76. The Bertz CT molecular complexity index is 804. The lowest BCUT2D eigenvalue weighted by atomic mass is 10.1. The van der Waals surface area contributed by atoms with Gasteiger partial charge in [0.15, 0.2) is 0 Å². The number of nitrogens with two attached hydrogens (primary N) is 1. The first kappa shape index (κ1) is 14.4. The monoisotopic (exact) mass is 294 g/mol. The summed E-state index contributed by atoms with van der Waals surface area (Å²) in [5.74, 6) is -0.900. The third-order valence-corrected chi connectivity index (χ3v) is 3.84. The molecule has 3 N–H and O–H groups in total. The number of carbonyl (C=O) groups is 1. The van der Waals surface area contributed by atoms with Gasteiger partial charge in [-0.2, -0.15) is 0 Å². The van der Waals surface area contributed by atoms with E-state index in [1.54, 1.807) is 12.1 Å². The Labute approximate surface area is 128 Å². The van der Waals surface area contributed by atoms with Crippen LogP contribution >= 0.6 is 0 Å². The molecule has 0 amide bonds. The number of carboxylic acid groups (broad SMARTS) is 1. The third kappa shape index (κ3) is 2.73. The Morgan fingerprint density at radius 3 is 2.50 bits per heavy atom. The number of hydrogen-bond donors (Lipinski definition) is 2. The van der Waals surface area contributed by atoms with Crippen LogP contribution in [0.25, 0.3) is 10.9 Å². The van der Waals surface area contributed by atoms with Gasteiger partial charge in [0.2, 0.25) is 0 Å². The predicted octanol–water partition coefficient (Wildman–Crippen LogP) is 2.89. The van der Waals surface area contributed by atoms with Crippen molar-refractivity contribution in [3.63, 3.8) is 0 Å². The fourth-order valence-corrected chi connectivity index (χ4v) is 2.76. The van der Waals surface area contributed by atoms with Gasteiger partial charge in [-0.3, -0.25) is 0 Å². The molecule has 0 bridgehead atoms. The number of rotatable bonds is 5. The Morgan fingerprint density at radius 1 is 1.09 bits per heavy atom. The van der Waals surface area contributed by atoms with Crippen molar-refractivity contribution in [1.82, 2.24) is 4.57 Å². The highest BCUT2D eigenvalue weighted by Crippen LogP contribution is 2.22. The molecule has 0 aliphatic carbocycles. The third-order valence-electron chi connectivity index (χ3n) is 3.84. The van der Waals surface area contributed by atoms with E-state index in [1.807, 2.05) is 24.3 Å². The Balaban J connectivity index is 1.94. The molecule has 0 atom stereocenters. The molecule has 4 heteroatoms. The summed E-state index contributed by atoms with van der Waals surface area (Å²) in [4.78, 5) is 10.9. The number of aromatic nitrogens is 1. The van der Waals surface area contributed by atoms with E-state index in [2.05, 4.69) is 22.9 Å². The van der Waals surface area contributed by atoms with E-state index in [9.17, 15) is 4.79 Å². The van der Waals surface area contributed by atoms with E-state index < -0.39 is 5.97 Å². The van der Waals surface area contributed by atoms with Crippen LogP contribution in [0.2, 0.25) is 0 Å². The molecule has 0 saturated heterocycles. The van der Waals surface area contributed by atoms with Gasteiger partial charge in [-0.25, -0.2) is 4.79 Å². The predicted molar refractivity (Wildman–Crippen MR) is 87.2 cm³/mol. The molecule has 0 fully saturated rings. The van der Waals surface area contributed by atoms with Gasteiger partial charge < -0.3 is 15.4 Å². The Kier molecular flexibility index (Phi) is 3.94. The molecule has 0 aliphatic rings. The smallest absolute Gasteiger partial charge is 0.335 e. The number of benzene rings is 2. The lowest BCUT2D eigenvalue weighted by molar-refractivity contribution is 0.0697. The van der Waals surface area contributed by atoms with Crippen molar-refractivity contribution in [2.45, 2.75) is 13.0 Å². The van der Waals surface area contributed by atoms with Gasteiger partial charge in [-0.05, 0) is 42.3 Å². The number of para-hydroxylation sites is 1. The number of fused-ring (bicyclic) bond motifs is 1. The maximum Gasteiger partial charge on any atom is 0.335 e. The van der Waals surface area contributed by atoms with Crippen molar-refractivity contribution in [3.8, 4) is 0 Å². The zero-order valence-corrected chi connectivity index (χ0v) is 12.2. The molecule has 0 unspecified atom stereocenters. The largest absolute Gasteiger partial charge is 0.478 e. The lowest BCUT2D eigenvalue weighted by Gasteiger charge is -2.06. The van der Waals surface area contributed by atoms with Crippen LogP contribution in [0.15, 0.2) is 54.7 Å². The van der Waals surface area contributed by atoms with Crippen LogP contribution in [-0.2, 0) is 13.0 Å². The van der Waals surface area contributed by atoms with Crippen LogP contribution in [0.3, 0.4) is 0 Å². The van der Waals surface area contributed by atoms with Crippen molar-refractivity contribution in [2.24, 2.45) is 5.73 Å². The quantitative estimate of drug-likeness (QED) is 0.760. The molecule has 0 saturated carbocycles. The molecule has 2 aromatic carbocycles. The molecule has 1 heterocycles. The second kappa shape index (κ2) is 6.03. The summed E-state index contributed by atoms with van der Waals surface area (Å²) in [6.45, 7) is 1.34. The van der Waals surface area contributed by atoms with Crippen molar-refractivity contribution >= 4 is 16.9 Å². The lowest BCUT2D eigenvalue weighted by Crippen LogP contribution is -2.02. The van der Waals surface area contributed by atoms with E-state index in [0.717, 1.165) is 12.0 Å². The molecule has 4 nitrogen and oxygen atoms in total. The van der Waals surface area contributed by atoms with Crippen LogP contribution in [-0.4, -0.2) is 22.2 Å². The zero-order chi connectivity index (χ0) is 15.5. The van der Waals surface area contributed by atoms with Crippen LogP contribution in [0.4, 0.5) is 0 Å². The highest BCUT2D eigenvalue weighted by atomic mass is 16.4. The summed E-state index contributed by atoms with van der Waals surface area (Å²) in [7, 11) is 0. The second-order valence-electron chi connectivity index (χ2n) is 5.34. The minimum absolute atomic E-state index is 0.310. The van der Waals surface area contributed by atoms with Crippen molar-refractivity contribution in [3.05, 3.63) is 71.4 Å². The summed E-state index contributed by atoms with van der Waals surface area (Å²) < 4.78 is 2.19. The first-order valence-corrected chi connectivity index (χ1v) is 7.28. The Morgan fingerprint density at radius 2 is 1.82 bits per heavy atom. The fraction of sp³-hybridized carbons (Fsp3) is 0.167. The van der Waals surface area contributed by atoms with E-state index in [0.29, 0.717) is 18.7 Å². The number of aromatic carboxylic acids is 1. The van der Waals surface area contributed by atoms with Crippen LogP contribution in [0.5, 0.6) is 0 Å². The average molecular weight is 294 g/mol. The normalized spacial score (nSPS) is 11.0. The maximum atomic E-state index is 10.9. The number of nitrogens with zero attached hydrogens (tertiary/aromatic N) is 1. The van der Waals surface area contributed by atoms with Gasteiger partial charge in [0.05, 0.1) is 5.56 Å². The molecule has 3 aromatic rings. The van der Waals surface area contributed by atoms with Crippen molar-refractivity contribution in [1.29, 1.82) is 0 Å². The van der Waals surface area contributed by atoms with Gasteiger partial charge in [0.25, 0.3) is 0 Å². The average Bonchev–Trinajstić information content (AvgIpc) is 2.87. The topological polar surface area (TPSA) is 68.2 Å². The molecule has 0 aliphatic heterocycles. The zero-order valence-electron chi connectivity index (χ0n) is 12.2. The summed E-state index contributed by atoms with van der Waals surface area (Å²) in [5.41, 5.74) is 9.50. The van der Waals surface area contributed by atoms with Gasteiger partial charge >= 0.3 is 5.97 Å². The van der Waals surface area contributed by atoms with Gasteiger partial charge in [0.1, 0.15) is 0 Å². The minimum Gasteiger partial charge on any atom is -0.478 e. The van der Waals surface area contributed by atoms with Crippen molar-refractivity contribution < 1.29 is 9.90 Å². The summed E-state index contributed by atoms with van der Waals surface area (Å²) in [6.07, 6.45) is 2.99. The summed E-state index contributed by atoms with van der Waals surface area (Å²) >= 11 is 0. The molecular formula is C18H18N2O2. The highest BCUT2D eigenvalue weighted by Gasteiger charge is 2.08. The van der Waals surface area contributed by atoms with E-state index in [-0.39, 0.29) is 0 Å². The van der Waals surface area contributed by atoms with Crippen LogP contribution < -0.4 is 5.73 Å². The molecular weight excluding hydrogens is 276 g/mol. The Hall–Kier alpha value is -2.59. The number of carboxylic acids is 1. The molecule has 0 spiro atoms. The highest BCUT2D eigenvalue weighted by molar-refractivity contribution is 5.87. The first-order chi connectivity index (χ1) is 10.7. The van der Waals surface area contributed by atoms with E-state index >= 15 is 0 Å². The SMILES string of the molecule is NCCc1cn(Cc2ccc(C(=O)O)cc2)c2ccccc12. The van der Waals surface area contributed by atoms with Gasteiger partial charge in [0, 0.05) is 23.6 Å².